The lowest BCUT2D eigenvalue weighted by Crippen LogP contribution is -2.42. The van der Waals surface area contributed by atoms with Crippen LogP contribution in [0.4, 0.5) is 5.82 Å². The highest BCUT2D eigenvalue weighted by atomic mass is 16.3. The Kier molecular flexibility index (Phi) is 4.47. The van der Waals surface area contributed by atoms with E-state index in [2.05, 4.69) is 20.3 Å². The lowest BCUT2D eigenvalue weighted by Gasteiger charge is -2.18. The van der Waals surface area contributed by atoms with Gasteiger partial charge in [0.2, 0.25) is 0 Å². The number of carbonyl (C=O) groups is 1. The van der Waals surface area contributed by atoms with E-state index >= 15 is 0 Å². The van der Waals surface area contributed by atoms with Gasteiger partial charge in [0.05, 0.1) is 6.04 Å². The maximum atomic E-state index is 12.4. The highest BCUT2D eigenvalue weighted by molar-refractivity contribution is 5.92. The highest BCUT2D eigenvalue weighted by Crippen LogP contribution is 2.22. The molecule has 1 aliphatic rings. The minimum absolute atomic E-state index is 0.00771. The summed E-state index contributed by atoms with van der Waals surface area (Å²) in [4.78, 5) is 26.8. The van der Waals surface area contributed by atoms with Gasteiger partial charge in [0.25, 0.3) is 5.91 Å². The number of aliphatic hydroxyl groups excluding tert-OH is 1. The molecule has 2 N–H and O–H groups in total. The number of nitrogens with one attached hydrogen (secondary N) is 1. The number of hydrogen-bond acceptors (Lipinski definition) is 6. The fourth-order valence-corrected chi connectivity index (χ4v) is 2.79. The van der Waals surface area contributed by atoms with Crippen molar-refractivity contribution in [3.63, 3.8) is 0 Å². The zero-order valence-electron chi connectivity index (χ0n) is 12.9. The van der Waals surface area contributed by atoms with Crippen molar-refractivity contribution in [1.82, 2.24) is 20.3 Å². The van der Waals surface area contributed by atoms with E-state index in [9.17, 15) is 9.90 Å². The second-order valence-corrected chi connectivity index (χ2v) is 5.66. The average molecular weight is 313 g/mol. The van der Waals surface area contributed by atoms with Gasteiger partial charge in [-0.05, 0) is 25.1 Å². The van der Waals surface area contributed by atoms with Crippen LogP contribution in [-0.4, -0.2) is 51.7 Å². The van der Waals surface area contributed by atoms with Crippen LogP contribution in [0.15, 0.2) is 36.8 Å². The molecule has 0 radical (unpaired) electrons. The van der Waals surface area contributed by atoms with Crippen LogP contribution in [0, 0.1) is 12.8 Å². The molecule has 2 aromatic rings. The fraction of sp³-hybridized carbons (Fsp3) is 0.375. The first-order valence-corrected chi connectivity index (χ1v) is 7.53. The van der Waals surface area contributed by atoms with E-state index in [0.717, 1.165) is 11.5 Å². The molecule has 1 saturated heterocycles. The van der Waals surface area contributed by atoms with E-state index in [4.69, 9.17) is 0 Å². The predicted molar refractivity (Wildman–Crippen MR) is 85.0 cm³/mol. The van der Waals surface area contributed by atoms with Crippen LogP contribution in [-0.2, 0) is 0 Å². The first-order valence-electron chi connectivity index (χ1n) is 7.53. The third kappa shape index (κ3) is 3.45. The van der Waals surface area contributed by atoms with Crippen LogP contribution < -0.4 is 10.2 Å². The fourth-order valence-electron chi connectivity index (χ4n) is 2.79. The second-order valence-electron chi connectivity index (χ2n) is 5.66. The summed E-state index contributed by atoms with van der Waals surface area (Å²) < 4.78 is 0. The standard InChI is InChI=1S/C16H19N5O2/c1-11-3-2-4-13(19-11)16(23)20-14-8-21(7-12(14)9-22)15-5-6-17-10-18-15/h2-6,10,12,14,22H,7-9H2,1H3,(H,20,23)/t12-,14+/m0/s1. The summed E-state index contributed by atoms with van der Waals surface area (Å²) >= 11 is 0. The van der Waals surface area contributed by atoms with Crippen molar-refractivity contribution in [1.29, 1.82) is 0 Å². The molecule has 2 atom stereocenters. The SMILES string of the molecule is Cc1cccc(C(=O)N[C@@H]2CN(c3ccncn3)C[C@H]2CO)n1. The molecule has 0 unspecified atom stereocenters. The Labute approximate surface area is 134 Å². The van der Waals surface area contributed by atoms with Gasteiger partial charge in [-0.15, -0.1) is 0 Å². The molecule has 0 spiro atoms. The molecular weight excluding hydrogens is 294 g/mol. The van der Waals surface area contributed by atoms with E-state index < -0.39 is 0 Å². The van der Waals surface area contributed by atoms with Crippen LogP contribution in [0.5, 0.6) is 0 Å². The molecule has 120 valence electrons. The van der Waals surface area contributed by atoms with Gasteiger partial charge in [0, 0.05) is 37.5 Å². The number of anilines is 1. The zero-order valence-corrected chi connectivity index (χ0v) is 12.9. The minimum Gasteiger partial charge on any atom is -0.396 e. The molecule has 1 aliphatic heterocycles. The van der Waals surface area contributed by atoms with E-state index in [1.54, 1.807) is 12.3 Å². The minimum atomic E-state index is -0.221. The van der Waals surface area contributed by atoms with Crippen LogP contribution in [0.25, 0.3) is 0 Å². The van der Waals surface area contributed by atoms with Crippen molar-refractivity contribution in [3.05, 3.63) is 48.2 Å². The normalized spacial score (nSPS) is 20.5. The van der Waals surface area contributed by atoms with Crippen LogP contribution in [0.3, 0.4) is 0 Å². The molecule has 23 heavy (non-hydrogen) atoms. The summed E-state index contributed by atoms with van der Waals surface area (Å²) in [5.41, 5.74) is 1.19. The Balaban J connectivity index is 1.70. The molecule has 3 rings (SSSR count). The van der Waals surface area contributed by atoms with Crippen LogP contribution >= 0.6 is 0 Å². The van der Waals surface area contributed by atoms with Crippen molar-refractivity contribution >= 4 is 11.7 Å². The molecule has 0 aromatic carbocycles. The quantitative estimate of drug-likeness (QED) is 0.849. The number of aliphatic hydroxyl groups is 1. The predicted octanol–water partition coefficient (Wildman–Crippen LogP) is 0.407. The Morgan fingerprint density at radius 1 is 1.39 bits per heavy atom. The van der Waals surface area contributed by atoms with E-state index in [0.29, 0.717) is 18.8 Å². The number of aromatic nitrogens is 3. The number of nitrogens with zero attached hydrogens (tertiary/aromatic N) is 4. The van der Waals surface area contributed by atoms with Gasteiger partial charge in [-0.25, -0.2) is 15.0 Å². The molecule has 0 aliphatic carbocycles. The Morgan fingerprint density at radius 3 is 2.96 bits per heavy atom. The summed E-state index contributed by atoms with van der Waals surface area (Å²) in [5.74, 6) is 0.532. The lowest BCUT2D eigenvalue weighted by molar-refractivity contribution is 0.0916. The number of hydrogen-bond donors (Lipinski definition) is 2. The largest absolute Gasteiger partial charge is 0.396 e. The zero-order chi connectivity index (χ0) is 16.2. The van der Waals surface area contributed by atoms with Gasteiger partial charge in [-0.3, -0.25) is 4.79 Å². The number of pyridine rings is 1. The molecule has 7 nitrogen and oxygen atoms in total. The van der Waals surface area contributed by atoms with Crippen molar-refractivity contribution < 1.29 is 9.90 Å². The smallest absolute Gasteiger partial charge is 0.270 e. The Morgan fingerprint density at radius 2 is 2.26 bits per heavy atom. The molecule has 1 amide bonds. The Hall–Kier alpha value is -2.54. The maximum Gasteiger partial charge on any atom is 0.270 e. The summed E-state index contributed by atoms with van der Waals surface area (Å²) in [6, 6.07) is 7.01. The number of aryl methyl sites for hydroxylation is 1. The van der Waals surface area contributed by atoms with Gasteiger partial charge in [0.15, 0.2) is 0 Å². The van der Waals surface area contributed by atoms with Gasteiger partial charge < -0.3 is 15.3 Å². The van der Waals surface area contributed by atoms with Crippen molar-refractivity contribution in [3.8, 4) is 0 Å². The van der Waals surface area contributed by atoms with Crippen LogP contribution in [0.1, 0.15) is 16.2 Å². The van der Waals surface area contributed by atoms with Gasteiger partial charge in [-0.2, -0.15) is 0 Å². The Bertz CT molecular complexity index is 679. The average Bonchev–Trinajstić information content (AvgIpc) is 2.98. The topological polar surface area (TPSA) is 91.2 Å². The van der Waals surface area contributed by atoms with E-state index in [1.807, 2.05) is 30.0 Å². The first kappa shape index (κ1) is 15.4. The molecular formula is C16H19N5O2. The summed E-state index contributed by atoms with van der Waals surface area (Å²) in [6.07, 6.45) is 3.17. The third-order valence-electron chi connectivity index (χ3n) is 4.00. The van der Waals surface area contributed by atoms with Crippen molar-refractivity contribution in [2.24, 2.45) is 5.92 Å². The summed E-state index contributed by atoms with van der Waals surface area (Å²) in [7, 11) is 0. The number of amides is 1. The maximum absolute atomic E-state index is 12.4. The lowest BCUT2D eigenvalue weighted by atomic mass is 10.1. The highest BCUT2D eigenvalue weighted by Gasteiger charge is 2.34. The monoisotopic (exact) mass is 313 g/mol. The molecule has 3 heterocycles. The number of rotatable bonds is 4. The van der Waals surface area contributed by atoms with Gasteiger partial charge in [-0.1, -0.05) is 6.07 Å². The second kappa shape index (κ2) is 6.70. The van der Waals surface area contributed by atoms with Crippen LogP contribution in [0.2, 0.25) is 0 Å². The molecule has 0 bridgehead atoms. The molecule has 2 aromatic heterocycles. The summed E-state index contributed by atoms with van der Waals surface area (Å²) in [5, 5.41) is 12.6. The molecule has 7 heteroatoms. The first-order chi connectivity index (χ1) is 11.2. The molecule has 1 fully saturated rings. The number of carbonyl (C=O) groups excluding carboxylic acids is 1. The van der Waals surface area contributed by atoms with Gasteiger partial charge in [0.1, 0.15) is 17.8 Å². The third-order valence-corrected chi connectivity index (χ3v) is 4.00. The van der Waals surface area contributed by atoms with Crippen molar-refractivity contribution in [2.45, 2.75) is 13.0 Å². The van der Waals surface area contributed by atoms with Crippen molar-refractivity contribution in [2.75, 3.05) is 24.6 Å². The van der Waals surface area contributed by atoms with E-state index in [-0.39, 0.29) is 24.5 Å². The molecule has 0 saturated carbocycles. The van der Waals surface area contributed by atoms with Gasteiger partial charge >= 0.3 is 0 Å². The van der Waals surface area contributed by atoms with E-state index in [1.165, 1.54) is 6.33 Å². The summed E-state index contributed by atoms with van der Waals surface area (Å²) in [6.45, 7) is 3.09.